The van der Waals surface area contributed by atoms with Crippen LogP contribution in [-0.4, -0.2) is 49.9 Å². The van der Waals surface area contributed by atoms with Crippen LogP contribution in [0.1, 0.15) is 6.92 Å². The zero-order valence-electron chi connectivity index (χ0n) is 8.73. The number of nitrogens with one attached hydrogen (secondary N) is 1. The van der Waals surface area contributed by atoms with Gasteiger partial charge in [0, 0.05) is 25.6 Å². The SMILES string of the molecule is CC(Cl)C(=O)NCC1CN(S(C)(=O)=O)C1. The molecule has 7 heteroatoms. The van der Waals surface area contributed by atoms with Crippen LogP contribution in [0.15, 0.2) is 0 Å². The van der Waals surface area contributed by atoms with Crippen molar-refractivity contribution in [2.75, 3.05) is 25.9 Å². The lowest BCUT2D eigenvalue weighted by Crippen LogP contribution is -2.53. The number of alkyl halides is 1. The fourth-order valence-corrected chi connectivity index (χ4v) is 2.35. The predicted molar refractivity (Wildman–Crippen MR) is 58.2 cm³/mol. The Balaban J connectivity index is 2.22. The largest absolute Gasteiger partial charge is 0.354 e. The highest BCUT2D eigenvalue weighted by Gasteiger charge is 2.33. The van der Waals surface area contributed by atoms with Crippen molar-refractivity contribution in [3.63, 3.8) is 0 Å². The lowest BCUT2D eigenvalue weighted by atomic mass is 10.0. The summed E-state index contributed by atoms with van der Waals surface area (Å²) in [7, 11) is -3.06. The van der Waals surface area contributed by atoms with Crippen molar-refractivity contribution >= 4 is 27.5 Å². The Morgan fingerprint density at radius 1 is 1.60 bits per heavy atom. The summed E-state index contributed by atoms with van der Waals surface area (Å²) in [5, 5.41) is 2.12. The summed E-state index contributed by atoms with van der Waals surface area (Å²) in [5.74, 6) is -0.00596. The smallest absolute Gasteiger partial charge is 0.237 e. The van der Waals surface area contributed by atoms with Crippen LogP contribution in [0, 0.1) is 5.92 Å². The molecule has 1 saturated heterocycles. The molecule has 1 N–H and O–H groups in total. The van der Waals surface area contributed by atoms with Gasteiger partial charge in [-0.2, -0.15) is 0 Å². The van der Waals surface area contributed by atoms with Crippen molar-refractivity contribution in [3.05, 3.63) is 0 Å². The highest BCUT2D eigenvalue weighted by Crippen LogP contribution is 2.17. The number of nitrogens with zero attached hydrogens (tertiary/aromatic N) is 1. The van der Waals surface area contributed by atoms with Gasteiger partial charge in [0.25, 0.3) is 0 Å². The third kappa shape index (κ3) is 3.62. The van der Waals surface area contributed by atoms with E-state index in [-0.39, 0.29) is 11.8 Å². The van der Waals surface area contributed by atoms with Gasteiger partial charge in [-0.1, -0.05) is 0 Å². The maximum Gasteiger partial charge on any atom is 0.237 e. The highest BCUT2D eigenvalue weighted by molar-refractivity contribution is 7.88. The molecule has 1 aliphatic heterocycles. The summed E-state index contributed by atoms with van der Waals surface area (Å²) in [6, 6.07) is 0. The number of hydrogen-bond donors (Lipinski definition) is 1. The summed E-state index contributed by atoms with van der Waals surface area (Å²) in [6.07, 6.45) is 1.18. The van der Waals surface area contributed by atoms with E-state index in [0.29, 0.717) is 19.6 Å². The van der Waals surface area contributed by atoms with Gasteiger partial charge >= 0.3 is 0 Å². The molecule has 0 radical (unpaired) electrons. The number of amides is 1. The van der Waals surface area contributed by atoms with Gasteiger partial charge < -0.3 is 5.32 Å². The zero-order valence-corrected chi connectivity index (χ0v) is 10.3. The Morgan fingerprint density at radius 2 is 2.13 bits per heavy atom. The molecule has 0 spiro atoms. The first-order chi connectivity index (χ1) is 6.80. The normalized spacial score (nSPS) is 20.7. The number of carbonyl (C=O) groups excluding carboxylic acids is 1. The summed E-state index contributed by atoms with van der Waals surface area (Å²) < 4.78 is 23.4. The van der Waals surface area contributed by atoms with E-state index in [0.717, 1.165) is 0 Å². The minimum absolute atomic E-state index is 0.207. The minimum atomic E-state index is -3.06. The first-order valence-electron chi connectivity index (χ1n) is 4.67. The lowest BCUT2D eigenvalue weighted by molar-refractivity contribution is -0.120. The molecule has 15 heavy (non-hydrogen) atoms. The molecule has 1 fully saturated rings. The van der Waals surface area contributed by atoms with Gasteiger partial charge in [-0.3, -0.25) is 4.79 Å². The molecule has 0 aromatic heterocycles. The average Bonchev–Trinajstić information content (AvgIpc) is 1.97. The highest BCUT2D eigenvalue weighted by atomic mass is 35.5. The third-order valence-electron chi connectivity index (χ3n) is 2.32. The Hall–Kier alpha value is -0.330. The molecule has 5 nitrogen and oxygen atoms in total. The minimum Gasteiger partial charge on any atom is -0.354 e. The van der Waals surface area contributed by atoms with Gasteiger partial charge in [0.05, 0.1) is 6.26 Å². The van der Waals surface area contributed by atoms with Gasteiger partial charge in [-0.15, -0.1) is 11.6 Å². The molecule has 0 aliphatic carbocycles. The van der Waals surface area contributed by atoms with E-state index in [9.17, 15) is 13.2 Å². The molecule has 1 atom stereocenters. The predicted octanol–water partition coefficient (Wildman–Crippen LogP) is -0.379. The van der Waals surface area contributed by atoms with Crippen molar-refractivity contribution in [2.45, 2.75) is 12.3 Å². The zero-order chi connectivity index (χ0) is 11.6. The van der Waals surface area contributed by atoms with Crippen molar-refractivity contribution in [1.82, 2.24) is 9.62 Å². The summed E-state index contributed by atoms with van der Waals surface area (Å²) in [6.45, 7) is 3.05. The van der Waals surface area contributed by atoms with Crippen LogP contribution < -0.4 is 5.32 Å². The quantitative estimate of drug-likeness (QED) is 0.696. The van der Waals surface area contributed by atoms with Crippen molar-refractivity contribution in [2.24, 2.45) is 5.92 Å². The average molecular weight is 255 g/mol. The molecule has 88 valence electrons. The first kappa shape index (κ1) is 12.7. The Kier molecular flexibility index (Phi) is 3.97. The number of hydrogen-bond acceptors (Lipinski definition) is 3. The number of rotatable bonds is 4. The van der Waals surface area contributed by atoms with E-state index in [2.05, 4.69) is 5.32 Å². The van der Waals surface area contributed by atoms with Gasteiger partial charge in [0.2, 0.25) is 15.9 Å². The van der Waals surface area contributed by atoms with Crippen LogP contribution in [0.4, 0.5) is 0 Å². The molecular formula is C8H15ClN2O3S. The number of sulfonamides is 1. The van der Waals surface area contributed by atoms with E-state index in [1.807, 2.05) is 0 Å². The first-order valence-corrected chi connectivity index (χ1v) is 6.96. The molecular weight excluding hydrogens is 240 g/mol. The maximum atomic E-state index is 11.1. The fourth-order valence-electron chi connectivity index (χ4n) is 1.31. The second-order valence-corrected chi connectivity index (χ2v) is 6.44. The van der Waals surface area contributed by atoms with Crippen LogP contribution >= 0.6 is 11.6 Å². The number of halogens is 1. The maximum absolute atomic E-state index is 11.1. The number of carbonyl (C=O) groups is 1. The van der Waals surface area contributed by atoms with Crippen LogP contribution in [0.2, 0.25) is 0 Å². The van der Waals surface area contributed by atoms with Crippen molar-refractivity contribution in [3.8, 4) is 0 Å². The summed E-state index contributed by atoms with van der Waals surface area (Å²) in [5.41, 5.74) is 0. The Bertz CT molecular complexity index is 336. The van der Waals surface area contributed by atoms with Crippen LogP contribution in [0.3, 0.4) is 0 Å². The molecule has 1 rings (SSSR count). The van der Waals surface area contributed by atoms with Gasteiger partial charge in [-0.25, -0.2) is 12.7 Å². The fraction of sp³-hybridized carbons (Fsp3) is 0.875. The van der Waals surface area contributed by atoms with Gasteiger partial charge in [0.15, 0.2) is 0 Å². The summed E-state index contributed by atoms with van der Waals surface area (Å²) >= 11 is 5.56. The molecule has 1 aliphatic rings. The van der Waals surface area contributed by atoms with E-state index < -0.39 is 15.4 Å². The molecule has 0 aromatic carbocycles. The lowest BCUT2D eigenvalue weighted by Gasteiger charge is -2.37. The van der Waals surface area contributed by atoms with Crippen LogP contribution in [0.25, 0.3) is 0 Å². The summed E-state index contributed by atoms with van der Waals surface area (Å²) in [4.78, 5) is 11.1. The molecule has 1 unspecified atom stereocenters. The Labute approximate surface area is 94.8 Å². The van der Waals surface area contributed by atoms with E-state index in [4.69, 9.17) is 11.6 Å². The van der Waals surface area contributed by atoms with Gasteiger partial charge in [0.1, 0.15) is 5.38 Å². The molecule has 0 saturated carbocycles. The van der Waals surface area contributed by atoms with E-state index >= 15 is 0 Å². The third-order valence-corrected chi connectivity index (χ3v) is 3.75. The Morgan fingerprint density at radius 3 is 2.53 bits per heavy atom. The van der Waals surface area contributed by atoms with Gasteiger partial charge in [-0.05, 0) is 6.92 Å². The second-order valence-electron chi connectivity index (χ2n) is 3.81. The second kappa shape index (κ2) is 4.67. The standard InChI is InChI=1S/C8H15ClN2O3S/c1-6(9)8(12)10-3-7-4-11(5-7)15(2,13)14/h6-7H,3-5H2,1-2H3,(H,10,12). The van der Waals surface area contributed by atoms with Crippen molar-refractivity contribution < 1.29 is 13.2 Å². The van der Waals surface area contributed by atoms with E-state index in [1.54, 1.807) is 6.92 Å². The molecule has 1 heterocycles. The topological polar surface area (TPSA) is 66.5 Å². The molecule has 0 bridgehead atoms. The van der Waals surface area contributed by atoms with Crippen LogP contribution in [-0.2, 0) is 14.8 Å². The van der Waals surface area contributed by atoms with Crippen molar-refractivity contribution in [1.29, 1.82) is 0 Å². The van der Waals surface area contributed by atoms with Crippen LogP contribution in [0.5, 0.6) is 0 Å². The molecule has 0 aromatic rings. The van der Waals surface area contributed by atoms with E-state index in [1.165, 1.54) is 10.6 Å². The monoisotopic (exact) mass is 254 g/mol. The molecule has 1 amide bonds.